The molecule has 3 nitrogen and oxygen atoms in total. The molecule has 0 radical (unpaired) electrons. The van der Waals surface area contributed by atoms with Crippen molar-refractivity contribution in [3.05, 3.63) is 0 Å². The highest BCUT2D eigenvalue weighted by atomic mass is 19.4. The highest BCUT2D eigenvalue weighted by Crippen LogP contribution is 2.34. The number of likely N-dealkylation sites (tertiary alicyclic amines) is 1. The number of halogens is 3. The molecule has 0 saturated carbocycles. The topological polar surface area (TPSA) is 24.5 Å². The van der Waals surface area contributed by atoms with E-state index in [0.717, 1.165) is 13.1 Å². The van der Waals surface area contributed by atoms with Gasteiger partial charge in [0.2, 0.25) is 0 Å². The Morgan fingerprint density at radius 1 is 1.33 bits per heavy atom. The summed E-state index contributed by atoms with van der Waals surface area (Å²) >= 11 is 0. The zero-order chi connectivity index (χ0) is 13.6. The van der Waals surface area contributed by atoms with Gasteiger partial charge in [-0.3, -0.25) is 4.90 Å². The summed E-state index contributed by atoms with van der Waals surface area (Å²) in [7, 11) is 1.65. The Morgan fingerprint density at radius 2 is 1.94 bits per heavy atom. The van der Waals surface area contributed by atoms with E-state index in [-0.39, 0.29) is 18.9 Å². The molecule has 1 N–H and O–H groups in total. The number of hydrogen-bond donors (Lipinski definition) is 1. The van der Waals surface area contributed by atoms with Gasteiger partial charge >= 0.3 is 6.18 Å². The Morgan fingerprint density at radius 3 is 2.44 bits per heavy atom. The molecule has 0 aliphatic carbocycles. The summed E-state index contributed by atoms with van der Waals surface area (Å²) in [5.74, 6) is -1.11. The lowest BCUT2D eigenvalue weighted by molar-refractivity contribution is -0.185. The Kier molecular flexibility index (Phi) is 6.38. The molecule has 0 aromatic rings. The second-order valence-corrected chi connectivity index (χ2v) is 4.90. The van der Waals surface area contributed by atoms with Crippen molar-refractivity contribution in [2.75, 3.05) is 39.9 Å². The first-order valence-electron chi connectivity index (χ1n) is 6.45. The molecule has 1 fully saturated rings. The lowest BCUT2D eigenvalue weighted by Gasteiger charge is -2.36. The van der Waals surface area contributed by atoms with E-state index >= 15 is 0 Å². The number of ether oxygens (including phenoxy) is 1. The number of rotatable bonds is 6. The number of methoxy groups -OCH3 is 1. The molecule has 1 heterocycles. The van der Waals surface area contributed by atoms with Crippen LogP contribution in [0.4, 0.5) is 13.2 Å². The van der Waals surface area contributed by atoms with Crippen LogP contribution in [0.25, 0.3) is 0 Å². The van der Waals surface area contributed by atoms with Gasteiger partial charge in [-0.2, -0.15) is 13.2 Å². The van der Waals surface area contributed by atoms with Gasteiger partial charge in [0.15, 0.2) is 0 Å². The van der Waals surface area contributed by atoms with Crippen LogP contribution in [0.2, 0.25) is 0 Å². The number of alkyl halides is 3. The standard InChI is InChI=1S/C12H23F3N2O/c1-10(9-16-5-8-18-2)17-6-3-11(4-7-17)12(13,14)15/h10-11,16H,3-9H2,1-2H3. The average molecular weight is 268 g/mol. The summed E-state index contributed by atoms with van der Waals surface area (Å²) in [5.41, 5.74) is 0. The van der Waals surface area contributed by atoms with Gasteiger partial charge in [0.25, 0.3) is 0 Å². The summed E-state index contributed by atoms with van der Waals surface area (Å²) in [6.07, 6.45) is -3.57. The monoisotopic (exact) mass is 268 g/mol. The number of piperidine rings is 1. The van der Waals surface area contributed by atoms with E-state index in [0.29, 0.717) is 19.7 Å². The van der Waals surface area contributed by atoms with Crippen LogP contribution in [-0.4, -0.2) is 57.0 Å². The third-order valence-electron chi connectivity index (χ3n) is 3.54. The maximum Gasteiger partial charge on any atom is 0.391 e. The maximum atomic E-state index is 12.5. The quantitative estimate of drug-likeness (QED) is 0.744. The molecular formula is C12H23F3N2O. The summed E-state index contributed by atoms with van der Waals surface area (Å²) in [4.78, 5) is 2.13. The first-order valence-corrected chi connectivity index (χ1v) is 6.45. The SMILES string of the molecule is COCCNCC(C)N1CCC(C(F)(F)F)CC1. The van der Waals surface area contributed by atoms with Gasteiger partial charge in [-0.15, -0.1) is 0 Å². The van der Waals surface area contributed by atoms with Gasteiger partial charge in [-0.1, -0.05) is 0 Å². The predicted octanol–water partition coefficient (Wildman–Crippen LogP) is 1.89. The van der Waals surface area contributed by atoms with Crippen molar-refractivity contribution in [1.82, 2.24) is 10.2 Å². The summed E-state index contributed by atoms with van der Waals surface area (Å²) < 4.78 is 42.5. The van der Waals surface area contributed by atoms with Gasteiger partial charge in [0.05, 0.1) is 12.5 Å². The molecule has 0 bridgehead atoms. The van der Waals surface area contributed by atoms with Crippen LogP contribution < -0.4 is 5.32 Å². The maximum absolute atomic E-state index is 12.5. The summed E-state index contributed by atoms with van der Waals surface area (Å²) in [5, 5.41) is 3.24. The molecule has 1 aliphatic rings. The summed E-state index contributed by atoms with van der Waals surface area (Å²) in [6.45, 7) is 5.35. The Hall–Kier alpha value is -0.330. The Labute approximate surface area is 107 Å². The van der Waals surface area contributed by atoms with E-state index in [4.69, 9.17) is 4.74 Å². The number of nitrogens with one attached hydrogen (secondary N) is 1. The first kappa shape index (κ1) is 15.7. The van der Waals surface area contributed by atoms with E-state index < -0.39 is 12.1 Å². The van der Waals surface area contributed by atoms with Crippen LogP contribution >= 0.6 is 0 Å². The van der Waals surface area contributed by atoms with Crippen LogP contribution in [0.5, 0.6) is 0 Å². The van der Waals surface area contributed by atoms with E-state index in [9.17, 15) is 13.2 Å². The molecule has 0 amide bonds. The third kappa shape index (κ3) is 5.12. The van der Waals surface area contributed by atoms with Gasteiger partial charge < -0.3 is 10.1 Å². The molecule has 1 atom stereocenters. The largest absolute Gasteiger partial charge is 0.391 e. The first-order chi connectivity index (χ1) is 8.45. The third-order valence-corrected chi connectivity index (χ3v) is 3.54. The van der Waals surface area contributed by atoms with Crippen molar-refractivity contribution in [3.8, 4) is 0 Å². The van der Waals surface area contributed by atoms with E-state index in [1.807, 2.05) is 6.92 Å². The van der Waals surface area contributed by atoms with E-state index in [1.54, 1.807) is 7.11 Å². The number of nitrogens with zero attached hydrogens (tertiary/aromatic N) is 1. The van der Waals surface area contributed by atoms with Crippen molar-refractivity contribution >= 4 is 0 Å². The molecule has 18 heavy (non-hydrogen) atoms. The van der Waals surface area contributed by atoms with E-state index in [2.05, 4.69) is 10.2 Å². The molecule has 1 saturated heterocycles. The van der Waals surface area contributed by atoms with Gasteiger partial charge in [-0.05, 0) is 32.9 Å². The summed E-state index contributed by atoms with van der Waals surface area (Å²) in [6, 6.07) is 0.274. The van der Waals surface area contributed by atoms with Crippen molar-refractivity contribution in [2.24, 2.45) is 5.92 Å². The molecule has 0 aromatic heterocycles. The molecule has 0 spiro atoms. The predicted molar refractivity (Wildman–Crippen MR) is 64.6 cm³/mol. The van der Waals surface area contributed by atoms with Crippen LogP contribution in [0.1, 0.15) is 19.8 Å². The van der Waals surface area contributed by atoms with Crippen LogP contribution in [0, 0.1) is 5.92 Å². The highest BCUT2D eigenvalue weighted by molar-refractivity contribution is 4.80. The lowest BCUT2D eigenvalue weighted by atomic mass is 9.95. The zero-order valence-electron chi connectivity index (χ0n) is 11.1. The fraction of sp³-hybridized carbons (Fsp3) is 1.00. The molecule has 6 heteroatoms. The van der Waals surface area contributed by atoms with Crippen LogP contribution in [-0.2, 0) is 4.74 Å². The fourth-order valence-corrected chi connectivity index (χ4v) is 2.28. The zero-order valence-corrected chi connectivity index (χ0v) is 11.1. The van der Waals surface area contributed by atoms with Gasteiger partial charge in [0, 0.05) is 26.2 Å². The second-order valence-electron chi connectivity index (χ2n) is 4.90. The van der Waals surface area contributed by atoms with Crippen molar-refractivity contribution < 1.29 is 17.9 Å². The normalized spacial score (nSPS) is 21.2. The smallest absolute Gasteiger partial charge is 0.383 e. The van der Waals surface area contributed by atoms with Crippen molar-refractivity contribution in [3.63, 3.8) is 0 Å². The van der Waals surface area contributed by atoms with E-state index in [1.165, 1.54) is 0 Å². The highest BCUT2D eigenvalue weighted by Gasteiger charge is 2.41. The fourth-order valence-electron chi connectivity index (χ4n) is 2.28. The lowest BCUT2D eigenvalue weighted by Crippen LogP contribution is -2.47. The Bertz CT molecular complexity index is 228. The average Bonchev–Trinajstić information content (AvgIpc) is 2.33. The molecule has 0 aromatic carbocycles. The Balaban J connectivity index is 2.21. The molecule has 1 unspecified atom stereocenters. The second kappa shape index (κ2) is 7.31. The van der Waals surface area contributed by atoms with Crippen LogP contribution in [0.3, 0.4) is 0 Å². The minimum absolute atomic E-state index is 0.228. The molecule has 108 valence electrons. The molecule has 1 rings (SSSR count). The minimum atomic E-state index is -4.02. The van der Waals surface area contributed by atoms with Crippen LogP contribution in [0.15, 0.2) is 0 Å². The van der Waals surface area contributed by atoms with Crippen molar-refractivity contribution in [1.29, 1.82) is 0 Å². The van der Waals surface area contributed by atoms with Gasteiger partial charge in [0.1, 0.15) is 0 Å². The minimum Gasteiger partial charge on any atom is -0.383 e. The van der Waals surface area contributed by atoms with Crippen molar-refractivity contribution in [2.45, 2.75) is 32.0 Å². The number of hydrogen-bond acceptors (Lipinski definition) is 3. The molecular weight excluding hydrogens is 245 g/mol. The van der Waals surface area contributed by atoms with Gasteiger partial charge in [-0.25, -0.2) is 0 Å². The molecule has 1 aliphatic heterocycles.